The van der Waals surface area contributed by atoms with E-state index in [1.807, 2.05) is 6.92 Å². The van der Waals surface area contributed by atoms with E-state index in [1.54, 1.807) is 11.9 Å². The van der Waals surface area contributed by atoms with Crippen LogP contribution in [0.3, 0.4) is 0 Å². The molecule has 0 aromatic rings. The molecule has 0 saturated heterocycles. The molecule has 0 bridgehead atoms. The standard InChI is InChI=1S/C6H14N2O.C3H8/c1-3-4-8(2)6(9)5-7;1-3-2/h3-5,7H2,1-2H3;3H2,1-2H3. The minimum atomic E-state index is 0.0110. The van der Waals surface area contributed by atoms with Gasteiger partial charge in [0.25, 0.3) is 0 Å². The van der Waals surface area contributed by atoms with Crippen molar-refractivity contribution in [3.8, 4) is 0 Å². The minimum Gasteiger partial charge on any atom is -0.345 e. The summed E-state index contributed by atoms with van der Waals surface area (Å²) in [5.41, 5.74) is 5.11. The third-order valence-electron chi connectivity index (χ3n) is 1.16. The summed E-state index contributed by atoms with van der Waals surface area (Å²) in [6.07, 6.45) is 2.24. The SMILES string of the molecule is CCC.CCCN(C)C(=O)CN. The summed E-state index contributed by atoms with van der Waals surface area (Å²) >= 11 is 0. The van der Waals surface area contributed by atoms with Crippen LogP contribution in [0.1, 0.15) is 33.6 Å². The fraction of sp³-hybridized carbons (Fsp3) is 0.889. The first-order chi connectivity index (χ1) is 5.63. The highest BCUT2D eigenvalue weighted by molar-refractivity contribution is 5.77. The van der Waals surface area contributed by atoms with Gasteiger partial charge in [0, 0.05) is 13.6 Å². The van der Waals surface area contributed by atoms with Crippen molar-refractivity contribution in [3.05, 3.63) is 0 Å². The monoisotopic (exact) mass is 174 g/mol. The van der Waals surface area contributed by atoms with Gasteiger partial charge in [0.1, 0.15) is 0 Å². The molecule has 0 spiro atoms. The number of hydrogen-bond donors (Lipinski definition) is 1. The maximum Gasteiger partial charge on any atom is 0.236 e. The van der Waals surface area contributed by atoms with E-state index in [0.717, 1.165) is 13.0 Å². The predicted octanol–water partition coefficient (Wildman–Crippen LogP) is 1.23. The molecule has 3 nitrogen and oxygen atoms in total. The Morgan fingerprint density at radius 2 is 1.75 bits per heavy atom. The highest BCUT2D eigenvalue weighted by Gasteiger charge is 2.02. The molecule has 0 unspecified atom stereocenters. The first-order valence-corrected chi connectivity index (χ1v) is 4.57. The maximum absolute atomic E-state index is 10.7. The van der Waals surface area contributed by atoms with Gasteiger partial charge < -0.3 is 10.6 Å². The van der Waals surface area contributed by atoms with E-state index >= 15 is 0 Å². The molecule has 74 valence electrons. The van der Waals surface area contributed by atoms with Gasteiger partial charge in [-0.25, -0.2) is 0 Å². The van der Waals surface area contributed by atoms with Gasteiger partial charge >= 0.3 is 0 Å². The van der Waals surface area contributed by atoms with Gasteiger partial charge in [0.15, 0.2) is 0 Å². The van der Waals surface area contributed by atoms with Gasteiger partial charge in [0.05, 0.1) is 6.54 Å². The molecule has 0 rings (SSSR count). The molecule has 3 heteroatoms. The molecule has 0 fully saturated rings. The van der Waals surface area contributed by atoms with Gasteiger partial charge in [-0.05, 0) is 6.42 Å². The summed E-state index contributed by atoms with van der Waals surface area (Å²) in [6, 6.07) is 0. The van der Waals surface area contributed by atoms with Crippen LogP contribution in [0, 0.1) is 0 Å². The Hall–Kier alpha value is -0.570. The van der Waals surface area contributed by atoms with Crippen LogP contribution in [0.15, 0.2) is 0 Å². The molecule has 1 amide bonds. The third kappa shape index (κ3) is 9.43. The zero-order valence-electron chi connectivity index (χ0n) is 8.76. The summed E-state index contributed by atoms with van der Waals surface area (Å²) in [5, 5.41) is 0. The van der Waals surface area contributed by atoms with Crippen molar-refractivity contribution < 1.29 is 4.79 Å². The van der Waals surface area contributed by atoms with E-state index in [-0.39, 0.29) is 12.5 Å². The van der Waals surface area contributed by atoms with Crippen molar-refractivity contribution in [2.75, 3.05) is 20.1 Å². The second-order valence-corrected chi connectivity index (χ2v) is 2.73. The highest BCUT2D eigenvalue weighted by Crippen LogP contribution is 1.84. The lowest BCUT2D eigenvalue weighted by Crippen LogP contribution is -2.32. The third-order valence-corrected chi connectivity index (χ3v) is 1.16. The molecule has 0 atom stereocenters. The number of nitrogens with two attached hydrogens (primary N) is 1. The molecule has 0 aliphatic heterocycles. The van der Waals surface area contributed by atoms with Crippen LogP contribution in [0.4, 0.5) is 0 Å². The van der Waals surface area contributed by atoms with E-state index in [0.29, 0.717) is 0 Å². The molecule has 0 aromatic carbocycles. The molecule has 0 aliphatic carbocycles. The molecule has 0 radical (unpaired) electrons. The number of carbonyl (C=O) groups excluding carboxylic acids is 1. The number of likely N-dealkylation sites (N-methyl/N-ethyl adjacent to an activating group) is 1. The molecule has 0 aromatic heterocycles. The van der Waals surface area contributed by atoms with Crippen molar-refractivity contribution >= 4 is 5.91 Å². The summed E-state index contributed by atoms with van der Waals surface area (Å²) in [5.74, 6) is 0.0110. The average molecular weight is 174 g/mol. The van der Waals surface area contributed by atoms with Crippen LogP contribution in [0.2, 0.25) is 0 Å². The van der Waals surface area contributed by atoms with Gasteiger partial charge in [-0.3, -0.25) is 4.79 Å². The van der Waals surface area contributed by atoms with Gasteiger partial charge in [-0.15, -0.1) is 0 Å². The first kappa shape index (κ1) is 14.0. The number of amides is 1. The van der Waals surface area contributed by atoms with E-state index < -0.39 is 0 Å². The average Bonchev–Trinajstić information content (AvgIpc) is 2.05. The molecule has 0 saturated carbocycles. The lowest BCUT2D eigenvalue weighted by molar-refractivity contribution is -0.128. The van der Waals surface area contributed by atoms with E-state index in [1.165, 1.54) is 6.42 Å². The largest absolute Gasteiger partial charge is 0.345 e. The van der Waals surface area contributed by atoms with Crippen LogP contribution in [-0.2, 0) is 4.79 Å². The second-order valence-electron chi connectivity index (χ2n) is 2.73. The zero-order valence-corrected chi connectivity index (χ0v) is 8.76. The normalized spacial score (nSPS) is 8.42. The number of nitrogens with zero attached hydrogens (tertiary/aromatic N) is 1. The topological polar surface area (TPSA) is 46.3 Å². The van der Waals surface area contributed by atoms with Crippen LogP contribution in [0.5, 0.6) is 0 Å². The maximum atomic E-state index is 10.7. The quantitative estimate of drug-likeness (QED) is 0.699. The van der Waals surface area contributed by atoms with Gasteiger partial charge in [0.2, 0.25) is 5.91 Å². The van der Waals surface area contributed by atoms with Gasteiger partial charge in [-0.2, -0.15) is 0 Å². The number of rotatable bonds is 3. The van der Waals surface area contributed by atoms with Crippen molar-refractivity contribution in [2.24, 2.45) is 5.73 Å². The Morgan fingerprint density at radius 1 is 1.33 bits per heavy atom. The van der Waals surface area contributed by atoms with Gasteiger partial charge in [-0.1, -0.05) is 27.2 Å². The van der Waals surface area contributed by atoms with Crippen LogP contribution in [0.25, 0.3) is 0 Å². The fourth-order valence-corrected chi connectivity index (χ4v) is 0.616. The summed E-state index contributed by atoms with van der Waals surface area (Å²) in [6.45, 7) is 7.20. The Bertz CT molecular complexity index is 105. The predicted molar refractivity (Wildman–Crippen MR) is 52.9 cm³/mol. The Kier molecular flexibility index (Phi) is 12.2. The van der Waals surface area contributed by atoms with Crippen molar-refractivity contribution in [1.29, 1.82) is 0 Å². The van der Waals surface area contributed by atoms with Crippen LogP contribution >= 0.6 is 0 Å². The number of carbonyl (C=O) groups is 1. The van der Waals surface area contributed by atoms with E-state index in [9.17, 15) is 4.79 Å². The number of hydrogen-bond acceptors (Lipinski definition) is 2. The second kappa shape index (κ2) is 10.4. The Balaban J connectivity index is 0. The smallest absolute Gasteiger partial charge is 0.236 e. The van der Waals surface area contributed by atoms with Crippen molar-refractivity contribution in [3.63, 3.8) is 0 Å². The highest BCUT2D eigenvalue weighted by atomic mass is 16.2. The van der Waals surface area contributed by atoms with Crippen molar-refractivity contribution in [2.45, 2.75) is 33.6 Å². The Labute approximate surface area is 75.9 Å². The first-order valence-electron chi connectivity index (χ1n) is 4.57. The molecular formula is C9H22N2O. The summed E-state index contributed by atoms with van der Waals surface area (Å²) < 4.78 is 0. The molecular weight excluding hydrogens is 152 g/mol. The fourth-order valence-electron chi connectivity index (χ4n) is 0.616. The van der Waals surface area contributed by atoms with Crippen LogP contribution in [-0.4, -0.2) is 30.9 Å². The molecule has 12 heavy (non-hydrogen) atoms. The van der Waals surface area contributed by atoms with E-state index in [2.05, 4.69) is 13.8 Å². The lowest BCUT2D eigenvalue weighted by atomic mass is 10.4. The summed E-state index contributed by atoms with van der Waals surface area (Å²) in [7, 11) is 1.76. The van der Waals surface area contributed by atoms with Crippen LogP contribution < -0.4 is 5.73 Å². The minimum absolute atomic E-state index is 0.0110. The Morgan fingerprint density at radius 3 is 2.00 bits per heavy atom. The zero-order chi connectivity index (χ0) is 9.98. The molecule has 0 heterocycles. The van der Waals surface area contributed by atoms with Crippen molar-refractivity contribution in [1.82, 2.24) is 4.90 Å². The lowest BCUT2D eigenvalue weighted by Gasteiger charge is -2.13. The molecule has 0 aliphatic rings. The molecule has 2 N–H and O–H groups in total. The summed E-state index contributed by atoms with van der Waals surface area (Å²) in [4.78, 5) is 12.3. The van der Waals surface area contributed by atoms with E-state index in [4.69, 9.17) is 5.73 Å².